The fourth-order valence-corrected chi connectivity index (χ4v) is 2.13. The molecule has 9 heteroatoms. The molecule has 0 unspecified atom stereocenters. The van der Waals surface area contributed by atoms with E-state index in [2.05, 4.69) is 20.5 Å². The second-order valence-corrected chi connectivity index (χ2v) is 4.67. The molecule has 0 aliphatic heterocycles. The first-order chi connectivity index (χ1) is 8.58. The minimum atomic E-state index is -1.07. The smallest absolute Gasteiger partial charge is 0.358 e. The zero-order chi connectivity index (χ0) is 13.1. The summed E-state index contributed by atoms with van der Waals surface area (Å²) in [5, 5.41) is 24.7. The minimum Gasteiger partial charge on any atom is -0.476 e. The van der Waals surface area contributed by atoms with Crippen molar-refractivity contribution in [1.29, 1.82) is 0 Å². The number of hydrogen-bond donors (Lipinski definition) is 1. The summed E-state index contributed by atoms with van der Waals surface area (Å²) >= 11 is 1.53. The molecular formula is C9H12N6O2S. The number of hydrogen-bond acceptors (Lipinski definition) is 6. The molecule has 0 aliphatic carbocycles. The van der Waals surface area contributed by atoms with Crippen molar-refractivity contribution >= 4 is 17.7 Å². The van der Waals surface area contributed by atoms with Crippen molar-refractivity contribution in [2.24, 2.45) is 7.05 Å². The molecule has 0 atom stereocenters. The molecule has 18 heavy (non-hydrogen) atoms. The second kappa shape index (κ2) is 5.17. The third-order valence-electron chi connectivity index (χ3n) is 2.36. The number of carboxylic acid groups (broad SMARTS) is 1. The third kappa shape index (κ3) is 2.67. The van der Waals surface area contributed by atoms with E-state index in [1.165, 1.54) is 22.6 Å². The highest BCUT2D eigenvalue weighted by Crippen LogP contribution is 2.15. The molecule has 0 spiro atoms. The Kier molecular flexibility index (Phi) is 3.60. The lowest BCUT2D eigenvalue weighted by Gasteiger charge is -2.01. The van der Waals surface area contributed by atoms with Crippen LogP contribution in [0.25, 0.3) is 0 Å². The maximum absolute atomic E-state index is 10.6. The molecule has 0 radical (unpaired) electrons. The largest absolute Gasteiger partial charge is 0.476 e. The molecule has 96 valence electrons. The zero-order valence-electron chi connectivity index (χ0n) is 9.94. The number of aromatic carboxylic acids is 1. The van der Waals surface area contributed by atoms with Crippen LogP contribution in [0.5, 0.6) is 0 Å². The maximum Gasteiger partial charge on any atom is 0.358 e. The average molecular weight is 268 g/mol. The van der Waals surface area contributed by atoms with Crippen LogP contribution in [0.4, 0.5) is 0 Å². The van der Waals surface area contributed by atoms with Crippen LogP contribution in [-0.4, -0.2) is 46.6 Å². The van der Waals surface area contributed by atoms with Crippen molar-refractivity contribution in [1.82, 2.24) is 29.8 Å². The molecule has 2 heterocycles. The zero-order valence-corrected chi connectivity index (χ0v) is 10.8. The van der Waals surface area contributed by atoms with Crippen molar-refractivity contribution < 1.29 is 9.90 Å². The van der Waals surface area contributed by atoms with Crippen molar-refractivity contribution in [3.05, 3.63) is 17.7 Å². The van der Waals surface area contributed by atoms with E-state index in [4.69, 9.17) is 5.11 Å². The maximum atomic E-state index is 10.6. The van der Waals surface area contributed by atoms with E-state index >= 15 is 0 Å². The van der Waals surface area contributed by atoms with Gasteiger partial charge in [0.15, 0.2) is 10.9 Å². The van der Waals surface area contributed by atoms with Gasteiger partial charge >= 0.3 is 5.97 Å². The van der Waals surface area contributed by atoms with Crippen LogP contribution >= 0.6 is 11.8 Å². The van der Waals surface area contributed by atoms with Crippen LogP contribution in [0.1, 0.15) is 16.3 Å². The lowest BCUT2D eigenvalue weighted by Crippen LogP contribution is -2.02. The molecule has 0 aromatic carbocycles. The van der Waals surface area contributed by atoms with Gasteiger partial charge in [-0.25, -0.2) is 4.79 Å². The lowest BCUT2D eigenvalue weighted by molar-refractivity contribution is 0.0690. The van der Waals surface area contributed by atoms with Gasteiger partial charge in [-0.2, -0.15) is 0 Å². The highest BCUT2D eigenvalue weighted by Gasteiger charge is 2.09. The summed E-state index contributed by atoms with van der Waals surface area (Å²) in [6, 6.07) is 0. The van der Waals surface area contributed by atoms with E-state index < -0.39 is 5.97 Å². The SMILES string of the molecule is Cc1nnc(SCCn2cc(C(=O)O)nn2)n1C. The van der Waals surface area contributed by atoms with Crippen LogP contribution in [0.15, 0.2) is 11.4 Å². The molecule has 0 amide bonds. The number of rotatable bonds is 5. The van der Waals surface area contributed by atoms with Crippen LogP contribution in [0, 0.1) is 6.92 Å². The van der Waals surface area contributed by atoms with E-state index in [9.17, 15) is 4.79 Å². The first-order valence-electron chi connectivity index (χ1n) is 5.20. The summed E-state index contributed by atoms with van der Waals surface area (Å²) in [7, 11) is 1.90. The highest BCUT2D eigenvalue weighted by molar-refractivity contribution is 7.99. The van der Waals surface area contributed by atoms with Crippen LogP contribution in [0.3, 0.4) is 0 Å². The summed E-state index contributed by atoms with van der Waals surface area (Å²) in [5.74, 6) is 0.498. The predicted octanol–water partition coefficient (Wildman–Crippen LogP) is 0.206. The fourth-order valence-electron chi connectivity index (χ4n) is 1.25. The standard InChI is InChI=1S/C9H12N6O2S/c1-6-10-12-9(14(6)2)18-4-3-15-5-7(8(16)17)11-13-15/h5H,3-4H2,1-2H3,(H,16,17). The topological polar surface area (TPSA) is 98.7 Å². The van der Waals surface area contributed by atoms with E-state index in [-0.39, 0.29) is 5.69 Å². The van der Waals surface area contributed by atoms with Gasteiger partial charge in [0.2, 0.25) is 0 Å². The van der Waals surface area contributed by atoms with E-state index in [1.807, 2.05) is 18.5 Å². The van der Waals surface area contributed by atoms with Gasteiger partial charge in [-0.1, -0.05) is 17.0 Å². The summed E-state index contributed by atoms with van der Waals surface area (Å²) < 4.78 is 3.40. The molecule has 2 rings (SSSR count). The molecule has 0 aliphatic rings. The van der Waals surface area contributed by atoms with Gasteiger partial charge in [0.25, 0.3) is 0 Å². The van der Waals surface area contributed by atoms with Crippen LogP contribution < -0.4 is 0 Å². The Morgan fingerprint density at radius 1 is 1.44 bits per heavy atom. The van der Waals surface area contributed by atoms with E-state index in [0.29, 0.717) is 12.3 Å². The van der Waals surface area contributed by atoms with Gasteiger partial charge in [-0.3, -0.25) is 4.68 Å². The van der Waals surface area contributed by atoms with Crippen LogP contribution in [0.2, 0.25) is 0 Å². The van der Waals surface area contributed by atoms with E-state index in [0.717, 1.165) is 11.0 Å². The molecule has 0 fully saturated rings. The van der Waals surface area contributed by atoms with E-state index in [1.54, 1.807) is 0 Å². The Morgan fingerprint density at radius 3 is 2.78 bits per heavy atom. The first kappa shape index (κ1) is 12.6. The molecular weight excluding hydrogens is 256 g/mol. The lowest BCUT2D eigenvalue weighted by atomic mass is 10.5. The van der Waals surface area contributed by atoms with Gasteiger partial charge in [0.05, 0.1) is 12.7 Å². The van der Waals surface area contributed by atoms with Crippen molar-refractivity contribution in [3.8, 4) is 0 Å². The Bertz CT molecular complexity index is 563. The van der Waals surface area contributed by atoms with Gasteiger partial charge in [0, 0.05) is 12.8 Å². The van der Waals surface area contributed by atoms with Gasteiger partial charge in [-0.15, -0.1) is 15.3 Å². The first-order valence-corrected chi connectivity index (χ1v) is 6.18. The number of aryl methyl sites for hydroxylation is 2. The highest BCUT2D eigenvalue weighted by atomic mass is 32.2. The summed E-state index contributed by atoms with van der Waals surface area (Å²) in [6.07, 6.45) is 1.41. The molecule has 2 aromatic heterocycles. The molecule has 0 saturated carbocycles. The summed E-state index contributed by atoms with van der Waals surface area (Å²) in [6.45, 7) is 2.45. The normalized spacial score (nSPS) is 10.8. The number of aromatic nitrogens is 6. The minimum absolute atomic E-state index is 0.0468. The van der Waals surface area contributed by atoms with Crippen molar-refractivity contribution in [2.75, 3.05) is 5.75 Å². The van der Waals surface area contributed by atoms with Gasteiger partial charge in [-0.05, 0) is 6.92 Å². The van der Waals surface area contributed by atoms with Gasteiger partial charge in [0.1, 0.15) is 5.82 Å². The molecule has 0 bridgehead atoms. The van der Waals surface area contributed by atoms with Crippen LogP contribution in [-0.2, 0) is 13.6 Å². The van der Waals surface area contributed by atoms with Gasteiger partial charge < -0.3 is 9.67 Å². The Hall–Kier alpha value is -1.90. The summed E-state index contributed by atoms with van der Waals surface area (Å²) in [5.41, 5.74) is -0.0468. The molecule has 8 nitrogen and oxygen atoms in total. The number of thioether (sulfide) groups is 1. The van der Waals surface area contributed by atoms with Crippen molar-refractivity contribution in [2.45, 2.75) is 18.6 Å². The number of carbonyl (C=O) groups is 1. The Balaban J connectivity index is 1.88. The Morgan fingerprint density at radius 2 is 2.22 bits per heavy atom. The fraction of sp³-hybridized carbons (Fsp3) is 0.444. The number of nitrogens with zero attached hydrogens (tertiary/aromatic N) is 6. The average Bonchev–Trinajstić information content (AvgIpc) is 2.91. The number of carboxylic acids is 1. The molecule has 1 N–H and O–H groups in total. The Labute approximate surface area is 107 Å². The predicted molar refractivity (Wildman–Crippen MR) is 63.4 cm³/mol. The molecule has 0 saturated heterocycles. The second-order valence-electron chi connectivity index (χ2n) is 3.61. The summed E-state index contributed by atoms with van der Waals surface area (Å²) in [4.78, 5) is 10.6. The third-order valence-corrected chi connectivity index (χ3v) is 3.36. The quantitative estimate of drug-likeness (QED) is 0.773. The monoisotopic (exact) mass is 268 g/mol. The molecule has 2 aromatic rings. The van der Waals surface area contributed by atoms with Crippen molar-refractivity contribution in [3.63, 3.8) is 0 Å².